The molecule has 0 aromatic carbocycles. The number of nitrogens with zero attached hydrogens (tertiary/aromatic N) is 2. The first-order valence-electron chi connectivity index (χ1n) is 6.81. The second-order valence-corrected chi connectivity index (χ2v) is 8.00. The Balaban J connectivity index is 1.86. The molecule has 108 valence electrons. The van der Waals surface area contributed by atoms with Gasteiger partial charge < -0.3 is 5.32 Å². The maximum atomic E-state index is 11.4. The summed E-state index contributed by atoms with van der Waals surface area (Å²) in [6, 6.07) is 0. The molecular weight excluding hydrogens is 262 g/mol. The summed E-state index contributed by atoms with van der Waals surface area (Å²) in [5, 5.41) is 7.84. The molecule has 2 rings (SSSR count). The van der Waals surface area contributed by atoms with Gasteiger partial charge in [0.1, 0.15) is 0 Å². The lowest BCUT2D eigenvalue weighted by molar-refractivity contribution is 0.519. The van der Waals surface area contributed by atoms with Crippen molar-refractivity contribution in [2.45, 2.75) is 32.7 Å². The molecule has 0 amide bonds. The van der Waals surface area contributed by atoms with Crippen molar-refractivity contribution in [2.24, 2.45) is 13.0 Å². The molecule has 0 bridgehead atoms. The van der Waals surface area contributed by atoms with Crippen LogP contribution in [0.5, 0.6) is 0 Å². The van der Waals surface area contributed by atoms with Crippen molar-refractivity contribution in [1.82, 2.24) is 15.1 Å². The van der Waals surface area contributed by atoms with Gasteiger partial charge in [-0.15, -0.1) is 0 Å². The molecule has 0 radical (unpaired) electrons. The maximum Gasteiger partial charge on any atom is 0.150 e. The lowest BCUT2D eigenvalue weighted by Crippen LogP contribution is -2.23. The van der Waals surface area contributed by atoms with E-state index in [1.165, 1.54) is 5.56 Å². The Morgan fingerprint density at radius 1 is 1.53 bits per heavy atom. The molecule has 1 atom stereocenters. The molecule has 1 aliphatic heterocycles. The van der Waals surface area contributed by atoms with Gasteiger partial charge in [-0.2, -0.15) is 5.10 Å². The summed E-state index contributed by atoms with van der Waals surface area (Å²) in [5.41, 5.74) is 2.33. The molecule has 1 N–H and O–H groups in total. The number of hydrogen-bond acceptors (Lipinski definition) is 4. The molecule has 0 spiro atoms. The highest BCUT2D eigenvalue weighted by atomic mass is 32.2. The van der Waals surface area contributed by atoms with Crippen LogP contribution in [0.2, 0.25) is 0 Å². The third-order valence-corrected chi connectivity index (χ3v) is 5.40. The van der Waals surface area contributed by atoms with E-state index in [1.807, 2.05) is 17.9 Å². The quantitative estimate of drug-likeness (QED) is 0.879. The molecule has 19 heavy (non-hydrogen) atoms. The first-order chi connectivity index (χ1) is 8.87. The monoisotopic (exact) mass is 285 g/mol. The fourth-order valence-electron chi connectivity index (χ4n) is 2.62. The minimum absolute atomic E-state index is 0.268. The molecule has 6 heteroatoms. The number of rotatable bonds is 5. The number of aromatic nitrogens is 2. The number of sulfone groups is 1. The van der Waals surface area contributed by atoms with E-state index in [0.717, 1.165) is 25.2 Å². The summed E-state index contributed by atoms with van der Waals surface area (Å²) in [5.74, 6) is 1.36. The SMILES string of the molecule is CC(C)c1nn(C)cc1CNCC1CCS(=O)(=O)C1. The standard InChI is InChI=1S/C13H23N3O2S/c1-10(2)13-12(8-16(3)15-13)7-14-6-11-4-5-19(17,18)9-11/h8,10-11,14H,4-7,9H2,1-3H3. The van der Waals surface area contributed by atoms with Crippen LogP contribution < -0.4 is 5.32 Å². The number of aryl methyl sites for hydroxylation is 1. The van der Waals surface area contributed by atoms with Gasteiger partial charge in [0.2, 0.25) is 0 Å². The van der Waals surface area contributed by atoms with E-state index in [0.29, 0.717) is 17.4 Å². The van der Waals surface area contributed by atoms with Crippen LogP contribution in [0.25, 0.3) is 0 Å². The number of hydrogen-bond donors (Lipinski definition) is 1. The van der Waals surface area contributed by atoms with E-state index in [1.54, 1.807) is 0 Å². The largest absolute Gasteiger partial charge is 0.312 e. The molecule has 2 heterocycles. The topological polar surface area (TPSA) is 64.0 Å². The molecular formula is C13H23N3O2S. The van der Waals surface area contributed by atoms with Gasteiger partial charge in [0.25, 0.3) is 0 Å². The van der Waals surface area contributed by atoms with Crippen LogP contribution >= 0.6 is 0 Å². The second-order valence-electron chi connectivity index (χ2n) is 5.77. The summed E-state index contributed by atoms with van der Waals surface area (Å²) < 4.78 is 24.6. The Labute approximate surface area is 115 Å². The van der Waals surface area contributed by atoms with Crippen molar-refractivity contribution in [3.05, 3.63) is 17.5 Å². The van der Waals surface area contributed by atoms with Gasteiger partial charge in [0.05, 0.1) is 17.2 Å². The highest BCUT2D eigenvalue weighted by Gasteiger charge is 2.27. The van der Waals surface area contributed by atoms with E-state index in [-0.39, 0.29) is 5.92 Å². The fraction of sp³-hybridized carbons (Fsp3) is 0.769. The van der Waals surface area contributed by atoms with Crippen LogP contribution in [0.15, 0.2) is 6.20 Å². The van der Waals surface area contributed by atoms with Crippen molar-refractivity contribution in [3.8, 4) is 0 Å². The summed E-state index contributed by atoms with van der Waals surface area (Å²) in [6.07, 6.45) is 2.83. The van der Waals surface area contributed by atoms with Crippen molar-refractivity contribution >= 4 is 9.84 Å². The van der Waals surface area contributed by atoms with E-state index in [4.69, 9.17) is 0 Å². The minimum Gasteiger partial charge on any atom is -0.312 e. The zero-order valence-corrected chi connectivity index (χ0v) is 12.7. The molecule has 0 saturated carbocycles. The Morgan fingerprint density at radius 2 is 2.26 bits per heavy atom. The summed E-state index contributed by atoms with van der Waals surface area (Å²) in [7, 11) is -0.835. The van der Waals surface area contributed by atoms with Gasteiger partial charge in [0, 0.05) is 25.4 Å². The summed E-state index contributed by atoms with van der Waals surface area (Å²) >= 11 is 0. The smallest absolute Gasteiger partial charge is 0.150 e. The van der Waals surface area contributed by atoms with Gasteiger partial charge >= 0.3 is 0 Å². The average Bonchev–Trinajstić information content (AvgIpc) is 2.82. The molecule has 1 saturated heterocycles. The van der Waals surface area contributed by atoms with Crippen molar-refractivity contribution in [2.75, 3.05) is 18.1 Å². The highest BCUT2D eigenvalue weighted by Crippen LogP contribution is 2.19. The molecule has 1 aliphatic rings. The molecule has 5 nitrogen and oxygen atoms in total. The molecule has 1 unspecified atom stereocenters. The molecule has 1 aromatic rings. The number of nitrogens with one attached hydrogen (secondary N) is 1. The van der Waals surface area contributed by atoms with E-state index in [2.05, 4.69) is 24.3 Å². The van der Waals surface area contributed by atoms with Crippen LogP contribution in [-0.4, -0.2) is 36.2 Å². The minimum atomic E-state index is -2.76. The Kier molecular flexibility index (Phi) is 4.30. The van der Waals surface area contributed by atoms with Crippen LogP contribution in [0.3, 0.4) is 0 Å². The van der Waals surface area contributed by atoms with Crippen molar-refractivity contribution < 1.29 is 8.42 Å². The fourth-order valence-corrected chi connectivity index (χ4v) is 4.48. The van der Waals surface area contributed by atoms with E-state index >= 15 is 0 Å². The maximum absolute atomic E-state index is 11.4. The first-order valence-corrected chi connectivity index (χ1v) is 8.63. The molecule has 1 fully saturated rings. The predicted octanol–water partition coefficient (Wildman–Crippen LogP) is 1.07. The van der Waals surface area contributed by atoms with E-state index in [9.17, 15) is 8.42 Å². The third-order valence-electron chi connectivity index (χ3n) is 3.56. The first kappa shape index (κ1) is 14.5. The predicted molar refractivity (Wildman–Crippen MR) is 75.8 cm³/mol. The van der Waals surface area contributed by atoms with Crippen molar-refractivity contribution in [1.29, 1.82) is 0 Å². The summed E-state index contributed by atoms with van der Waals surface area (Å²) in [6.45, 7) is 5.80. The normalized spacial score (nSPS) is 22.2. The van der Waals surface area contributed by atoms with Crippen LogP contribution in [0.1, 0.15) is 37.4 Å². The van der Waals surface area contributed by atoms with Crippen molar-refractivity contribution in [3.63, 3.8) is 0 Å². The lowest BCUT2D eigenvalue weighted by Gasteiger charge is -2.10. The van der Waals surface area contributed by atoms with Gasteiger partial charge in [-0.1, -0.05) is 13.8 Å². The van der Waals surface area contributed by atoms with E-state index < -0.39 is 9.84 Å². The van der Waals surface area contributed by atoms with Gasteiger partial charge in [-0.25, -0.2) is 8.42 Å². The molecule has 1 aromatic heterocycles. The lowest BCUT2D eigenvalue weighted by atomic mass is 10.1. The average molecular weight is 285 g/mol. The Morgan fingerprint density at radius 3 is 2.84 bits per heavy atom. The zero-order valence-electron chi connectivity index (χ0n) is 11.9. The summed E-state index contributed by atoms with van der Waals surface area (Å²) in [4.78, 5) is 0. The Hall–Kier alpha value is -0.880. The highest BCUT2D eigenvalue weighted by molar-refractivity contribution is 7.91. The Bertz CT molecular complexity index is 534. The third kappa shape index (κ3) is 3.79. The van der Waals surface area contributed by atoms with Gasteiger partial charge in [0.15, 0.2) is 9.84 Å². The van der Waals surface area contributed by atoms with Gasteiger partial charge in [-0.05, 0) is 24.8 Å². The van der Waals surface area contributed by atoms with Crippen LogP contribution in [0, 0.1) is 5.92 Å². The van der Waals surface area contributed by atoms with Crippen LogP contribution in [-0.2, 0) is 23.4 Å². The van der Waals surface area contributed by atoms with Gasteiger partial charge in [-0.3, -0.25) is 4.68 Å². The van der Waals surface area contributed by atoms with Crippen LogP contribution in [0.4, 0.5) is 0 Å². The zero-order chi connectivity index (χ0) is 14.0. The second kappa shape index (κ2) is 5.63. The molecule has 0 aliphatic carbocycles.